The van der Waals surface area contributed by atoms with Crippen LogP contribution in [-0.4, -0.2) is 13.7 Å². The van der Waals surface area contributed by atoms with Crippen molar-refractivity contribution in [1.82, 2.24) is 5.32 Å². The smallest absolute Gasteiger partial charge is 0.126 e. The first-order chi connectivity index (χ1) is 10.1. The summed E-state index contributed by atoms with van der Waals surface area (Å²) in [7, 11) is 1.64. The van der Waals surface area contributed by atoms with Crippen LogP contribution in [0.3, 0.4) is 0 Å². The number of aryl methyl sites for hydroxylation is 1. The van der Waals surface area contributed by atoms with E-state index in [1.165, 1.54) is 6.07 Å². The lowest BCUT2D eigenvalue weighted by molar-refractivity contribution is 0.416. The third-order valence-corrected chi connectivity index (χ3v) is 3.64. The summed E-state index contributed by atoms with van der Waals surface area (Å²) in [4.78, 5) is 0. The molecule has 0 bridgehead atoms. The number of hydrogen-bond donors (Lipinski definition) is 1. The standard InChI is InChI=1S/C18H22FNO/c1-5-20-13(3)15-8-7-14(19)11-16(15)17-10-12(2)6-9-18(17)21-4/h6-11,13,20H,5H2,1-4H3. The number of methoxy groups -OCH3 is 1. The van der Waals surface area contributed by atoms with Gasteiger partial charge >= 0.3 is 0 Å². The van der Waals surface area contributed by atoms with E-state index in [1.807, 2.05) is 31.2 Å². The van der Waals surface area contributed by atoms with E-state index in [1.54, 1.807) is 13.2 Å². The molecule has 1 atom stereocenters. The zero-order chi connectivity index (χ0) is 15.4. The zero-order valence-corrected chi connectivity index (χ0v) is 13.0. The molecule has 0 heterocycles. The summed E-state index contributed by atoms with van der Waals surface area (Å²) < 4.78 is 19.2. The number of benzene rings is 2. The largest absolute Gasteiger partial charge is 0.496 e. The van der Waals surface area contributed by atoms with Gasteiger partial charge in [0.1, 0.15) is 11.6 Å². The van der Waals surface area contributed by atoms with E-state index in [4.69, 9.17) is 4.74 Å². The van der Waals surface area contributed by atoms with Crippen LogP contribution in [0.5, 0.6) is 5.75 Å². The van der Waals surface area contributed by atoms with Crippen molar-refractivity contribution < 1.29 is 9.13 Å². The predicted octanol–water partition coefficient (Wildman–Crippen LogP) is 4.48. The van der Waals surface area contributed by atoms with Crippen molar-refractivity contribution in [3.63, 3.8) is 0 Å². The maximum Gasteiger partial charge on any atom is 0.126 e. The topological polar surface area (TPSA) is 21.3 Å². The first-order valence-corrected chi connectivity index (χ1v) is 7.24. The van der Waals surface area contributed by atoms with Crippen LogP contribution < -0.4 is 10.1 Å². The highest BCUT2D eigenvalue weighted by Gasteiger charge is 2.15. The molecule has 2 rings (SSSR count). The van der Waals surface area contributed by atoms with Gasteiger partial charge < -0.3 is 10.1 Å². The Hall–Kier alpha value is -1.87. The molecule has 0 aromatic heterocycles. The zero-order valence-electron chi connectivity index (χ0n) is 13.0. The van der Waals surface area contributed by atoms with E-state index in [2.05, 4.69) is 19.2 Å². The molecule has 0 aliphatic carbocycles. The lowest BCUT2D eigenvalue weighted by Crippen LogP contribution is -2.18. The highest BCUT2D eigenvalue weighted by molar-refractivity contribution is 5.74. The van der Waals surface area contributed by atoms with Crippen LogP contribution in [-0.2, 0) is 0 Å². The van der Waals surface area contributed by atoms with Crippen LogP contribution in [0.4, 0.5) is 4.39 Å². The Bertz CT molecular complexity index is 625. The van der Waals surface area contributed by atoms with Crippen molar-refractivity contribution in [3.05, 3.63) is 53.3 Å². The first-order valence-electron chi connectivity index (χ1n) is 7.24. The molecule has 0 aliphatic rings. The molecule has 0 saturated heterocycles. The van der Waals surface area contributed by atoms with Crippen molar-refractivity contribution >= 4 is 0 Å². The molecule has 112 valence electrons. The molecule has 1 unspecified atom stereocenters. The van der Waals surface area contributed by atoms with E-state index in [0.29, 0.717) is 0 Å². The molecule has 21 heavy (non-hydrogen) atoms. The van der Waals surface area contributed by atoms with E-state index in [-0.39, 0.29) is 11.9 Å². The molecule has 2 aromatic rings. The van der Waals surface area contributed by atoms with Gasteiger partial charge in [0, 0.05) is 11.6 Å². The summed E-state index contributed by atoms with van der Waals surface area (Å²) >= 11 is 0. The SMILES string of the molecule is CCNC(C)c1ccc(F)cc1-c1cc(C)ccc1OC. The summed E-state index contributed by atoms with van der Waals surface area (Å²) in [5, 5.41) is 3.38. The predicted molar refractivity (Wildman–Crippen MR) is 85.2 cm³/mol. The van der Waals surface area contributed by atoms with Gasteiger partial charge in [-0.25, -0.2) is 4.39 Å². The number of ether oxygens (including phenoxy) is 1. The number of hydrogen-bond acceptors (Lipinski definition) is 2. The van der Waals surface area contributed by atoms with Crippen molar-refractivity contribution in [2.24, 2.45) is 0 Å². The van der Waals surface area contributed by atoms with Gasteiger partial charge in [-0.1, -0.05) is 24.6 Å². The molecule has 0 amide bonds. The Kier molecular flexibility index (Phi) is 4.97. The van der Waals surface area contributed by atoms with Gasteiger partial charge in [0.25, 0.3) is 0 Å². The second-order valence-electron chi connectivity index (χ2n) is 5.21. The van der Waals surface area contributed by atoms with Crippen molar-refractivity contribution in [2.45, 2.75) is 26.8 Å². The Labute approximate surface area is 126 Å². The number of rotatable bonds is 5. The van der Waals surface area contributed by atoms with Gasteiger partial charge in [-0.3, -0.25) is 0 Å². The van der Waals surface area contributed by atoms with Crippen LogP contribution in [0.2, 0.25) is 0 Å². The second-order valence-corrected chi connectivity index (χ2v) is 5.21. The lowest BCUT2D eigenvalue weighted by atomic mass is 9.93. The summed E-state index contributed by atoms with van der Waals surface area (Å²) in [6.45, 7) is 7.04. The molecule has 0 saturated carbocycles. The first kappa shape index (κ1) is 15.5. The third-order valence-electron chi connectivity index (χ3n) is 3.64. The summed E-state index contributed by atoms with van der Waals surface area (Å²) in [6.07, 6.45) is 0. The highest BCUT2D eigenvalue weighted by atomic mass is 19.1. The maximum atomic E-state index is 13.8. The fourth-order valence-electron chi connectivity index (χ4n) is 2.59. The van der Waals surface area contributed by atoms with Gasteiger partial charge in [-0.05, 0) is 55.8 Å². The van der Waals surface area contributed by atoms with E-state index in [0.717, 1.165) is 34.5 Å². The minimum Gasteiger partial charge on any atom is -0.496 e. The van der Waals surface area contributed by atoms with Gasteiger partial charge in [-0.15, -0.1) is 0 Å². The van der Waals surface area contributed by atoms with Crippen LogP contribution in [0.15, 0.2) is 36.4 Å². The lowest BCUT2D eigenvalue weighted by Gasteiger charge is -2.19. The molecular weight excluding hydrogens is 265 g/mol. The monoisotopic (exact) mass is 287 g/mol. The molecule has 1 N–H and O–H groups in total. The highest BCUT2D eigenvalue weighted by Crippen LogP contribution is 2.36. The van der Waals surface area contributed by atoms with E-state index < -0.39 is 0 Å². The molecule has 0 radical (unpaired) electrons. The Morgan fingerprint density at radius 1 is 1.14 bits per heavy atom. The quantitative estimate of drug-likeness (QED) is 0.875. The molecule has 2 nitrogen and oxygen atoms in total. The molecular formula is C18H22FNO. The molecule has 0 aliphatic heterocycles. The fourth-order valence-corrected chi connectivity index (χ4v) is 2.59. The number of nitrogens with one attached hydrogen (secondary N) is 1. The van der Waals surface area contributed by atoms with Gasteiger partial charge in [0.05, 0.1) is 7.11 Å². The Balaban J connectivity index is 2.62. The second kappa shape index (κ2) is 6.72. The van der Waals surface area contributed by atoms with Crippen molar-refractivity contribution in [1.29, 1.82) is 0 Å². The molecule has 2 aromatic carbocycles. The summed E-state index contributed by atoms with van der Waals surface area (Å²) in [5.41, 5.74) is 4.00. The number of halogens is 1. The van der Waals surface area contributed by atoms with Crippen LogP contribution >= 0.6 is 0 Å². The minimum absolute atomic E-state index is 0.149. The van der Waals surface area contributed by atoms with E-state index in [9.17, 15) is 4.39 Å². The van der Waals surface area contributed by atoms with Gasteiger partial charge in [-0.2, -0.15) is 0 Å². The third kappa shape index (κ3) is 3.42. The fraction of sp³-hybridized carbons (Fsp3) is 0.333. The Morgan fingerprint density at radius 2 is 1.90 bits per heavy atom. The molecule has 0 spiro atoms. The van der Waals surface area contributed by atoms with Crippen molar-refractivity contribution in [2.75, 3.05) is 13.7 Å². The van der Waals surface area contributed by atoms with Gasteiger partial charge in [0.2, 0.25) is 0 Å². The summed E-state index contributed by atoms with van der Waals surface area (Å²) in [5.74, 6) is 0.525. The normalized spacial score (nSPS) is 12.2. The van der Waals surface area contributed by atoms with Gasteiger partial charge in [0.15, 0.2) is 0 Å². The summed E-state index contributed by atoms with van der Waals surface area (Å²) in [6, 6.07) is 11.0. The van der Waals surface area contributed by atoms with Crippen LogP contribution in [0.25, 0.3) is 11.1 Å². The maximum absolute atomic E-state index is 13.8. The molecule has 0 fully saturated rings. The Morgan fingerprint density at radius 3 is 2.57 bits per heavy atom. The average molecular weight is 287 g/mol. The molecule has 3 heteroatoms. The van der Waals surface area contributed by atoms with Crippen molar-refractivity contribution in [3.8, 4) is 16.9 Å². The van der Waals surface area contributed by atoms with Crippen LogP contribution in [0.1, 0.15) is 31.0 Å². The average Bonchev–Trinajstić information content (AvgIpc) is 2.47. The van der Waals surface area contributed by atoms with E-state index >= 15 is 0 Å². The minimum atomic E-state index is -0.235. The van der Waals surface area contributed by atoms with Crippen LogP contribution in [0, 0.1) is 12.7 Å².